The summed E-state index contributed by atoms with van der Waals surface area (Å²) in [5.41, 5.74) is 0.415. The van der Waals surface area contributed by atoms with Crippen molar-refractivity contribution in [3.8, 4) is 5.75 Å². The number of hydrogen-bond donors (Lipinski definition) is 3. The zero-order chi connectivity index (χ0) is 16.1. The van der Waals surface area contributed by atoms with Crippen LogP contribution in [0, 0.1) is 5.82 Å². The fourth-order valence-electron chi connectivity index (χ4n) is 1.95. The average Bonchev–Trinajstić information content (AvgIpc) is 2.49. The van der Waals surface area contributed by atoms with E-state index in [-0.39, 0.29) is 17.7 Å². The number of hydrogen-bond acceptors (Lipinski definition) is 3. The van der Waals surface area contributed by atoms with Crippen molar-refractivity contribution in [2.45, 2.75) is 12.5 Å². The van der Waals surface area contributed by atoms with Crippen LogP contribution in [0.25, 0.3) is 0 Å². The third-order valence-electron chi connectivity index (χ3n) is 3.10. The Morgan fingerprint density at radius 1 is 1.09 bits per heavy atom. The Morgan fingerprint density at radius 2 is 1.73 bits per heavy atom. The summed E-state index contributed by atoms with van der Waals surface area (Å²) in [5.74, 6) is -2.66. The first-order valence-electron chi connectivity index (χ1n) is 6.53. The lowest BCUT2D eigenvalue weighted by Gasteiger charge is -2.15. The van der Waals surface area contributed by atoms with Gasteiger partial charge < -0.3 is 15.5 Å². The zero-order valence-electron chi connectivity index (χ0n) is 11.5. The maximum absolute atomic E-state index is 13.5. The molecule has 0 aromatic heterocycles. The first-order chi connectivity index (χ1) is 10.5. The van der Waals surface area contributed by atoms with Gasteiger partial charge in [-0.2, -0.15) is 0 Å². The molecule has 0 saturated carbocycles. The number of carbonyl (C=O) groups excluding carboxylic acids is 1. The summed E-state index contributed by atoms with van der Waals surface area (Å²) >= 11 is 0. The molecule has 2 aromatic carbocycles. The van der Waals surface area contributed by atoms with Gasteiger partial charge in [-0.25, -0.2) is 9.18 Å². The molecule has 1 atom stereocenters. The monoisotopic (exact) mass is 303 g/mol. The first kappa shape index (κ1) is 15.5. The molecule has 0 aliphatic carbocycles. The van der Waals surface area contributed by atoms with E-state index in [0.29, 0.717) is 5.56 Å². The lowest BCUT2D eigenvalue weighted by Crippen LogP contribution is -2.42. The predicted molar refractivity (Wildman–Crippen MR) is 77.1 cm³/mol. The predicted octanol–water partition coefficient (Wildman–Crippen LogP) is 1.96. The van der Waals surface area contributed by atoms with Gasteiger partial charge in [-0.15, -0.1) is 0 Å². The summed E-state index contributed by atoms with van der Waals surface area (Å²) in [4.78, 5) is 23.2. The van der Waals surface area contributed by atoms with Crippen molar-refractivity contribution in [1.82, 2.24) is 5.32 Å². The van der Waals surface area contributed by atoms with Crippen molar-refractivity contribution in [1.29, 1.82) is 0 Å². The molecule has 0 aliphatic heterocycles. The largest absolute Gasteiger partial charge is 0.508 e. The second kappa shape index (κ2) is 6.71. The van der Waals surface area contributed by atoms with Crippen molar-refractivity contribution in [2.24, 2.45) is 0 Å². The number of carboxylic acids is 1. The van der Waals surface area contributed by atoms with Gasteiger partial charge in [-0.1, -0.05) is 24.3 Å². The van der Waals surface area contributed by atoms with Crippen molar-refractivity contribution in [3.63, 3.8) is 0 Å². The van der Waals surface area contributed by atoms with Crippen LogP contribution < -0.4 is 5.32 Å². The van der Waals surface area contributed by atoms with Crippen LogP contribution in [0.2, 0.25) is 0 Å². The maximum atomic E-state index is 13.5. The van der Waals surface area contributed by atoms with Crippen molar-refractivity contribution in [2.75, 3.05) is 0 Å². The molecule has 2 aromatic rings. The van der Waals surface area contributed by atoms with Crippen LogP contribution in [0.1, 0.15) is 15.9 Å². The maximum Gasteiger partial charge on any atom is 0.326 e. The van der Waals surface area contributed by atoms with Crippen LogP contribution in [-0.2, 0) is 11.2 Å². The molecule has 3 N–H and O–H groups in total. The molecule has 1 amide bonds. The molecule has 0 fully saturated rings. The molecule has 22 heavy (non-hydrogen) atoms. The van der Waals surface area contributed by atoms with Crippen LogP contribution in [0.15, 0.2) is 48.5 Å². The Balaban J connectivity index is 2.12. The number of halogens is 1. The fourth-order valence-corrected chi connectivity index (χ4v) is 1.95. The van der Waals surface area contributed by atoms with Gasteiger partial charge >= 0.3 is 5.97 Å². The number of phenols is 1. The van der Waals surface area contributed by atoms with Crippen LogP contribution in [0.3, 0.4) is 0 Å². The number of rotatable bonds is 5. The van der Waals surface area contributed by atoms with Gasteiger partial charge in [0.25, 0.3) is 5.91 Å². The second-order valence-corrected chi connectivity index (χ2v) is 4.71. The van der Waals surface area contributed by atoms with Crippen LogP contribution in [-0.4, -0.2) is 28.1 Å². The molecule has 2 rings (SSSR count). The highest BCUT2D eigenvalue weighted by molar-refractivity contribution is 5.96. The van der Waals surface area contributed by atoms with Crippen molar-refractivity contribution in [3.05, 3.63) is 65.5 Å². The molecular weight excluding hydrogens is 289 g/mol. The summed E-state index contributed by atoms with van der Waals surface area (Å²) in [7, 11) is 0. The fraction of sp³-hybridized carbons (Fsp3) is 0.125. The van der Waals surface area contributed by atoms with Gasteiger partial charge in [0.05, 0.1) is 5.56 Å². The van der Waals surface area contributed by atoms with E-state index in [9.17, 15) is 24.2 Å². The lowest BCUT2D eigenvalue weighted by atomic mass is 10.1. The van der Waals surface area contributed by atoms with E-state index in [0.717, 1.165) is 6.07 Å². The zero-order valence-corrected chi connectivity index (χ0v) is 11.5. The van der Waals surface area contributed by atoms with Crippen molar-refractivity contribution < 1.29 is 24.2 Å². The standard InChI is InChI=1S/C16H14FNO4/c17-13-4-2-1-3-12(13)15(20)18-14(16(21)22)9-10-5-7-11(19)8-6-10/h1-8,14,19H,9H2,(H,18,20)(H,21,22). The summed E-state index contributed by atoms with van der Waals surface area (Å²) in [6, 6.07) is 10.1. The molecular formula is C16H14FNO4. The number of nitrogens with one attached hydrogen (secondary N) is 1. The van der Waals surface area contributed by atoms with Gasteiger partial charge in [0.15, 0.2) is 0 Å². The Morgan fingerprint density at radius 3 is 2.32 bits per heavy atom. The normalized spacial score (nSPS) is 11.7. The van der Waals surface area contributed by atoms with Gasteiger partial charge in [-0.3, -0.25) is 4.79 Å². The van der Waals surface area contributed by atoms with Crippen LogP contribution >= 0.6 is 0 Å². The van der Waals surface area contributed by atoms with Crippen LogP contribution in [0.5, 0.6) is 5.75 Å². The minimum Gasteiger partial charge on any atom is -0.508 e. The Kier molecular flexibility index (Phi) is 4.73. The molecule has 114 valence electrons. The lowest BCUT2D eigenvalue weighted by molar-refractivity contribution is -0.139. The van der Waals surface area contributed by atoms with E-state index in [1.165, 1.54) is 30.3 Å². The molecule has 0 bridgehead atoms. The summed E-state index contributed by atoms with van der Waals surface area (Å²) < 4.78 is 13.5. The minimum atomic E-state index is -1.22. The number of carbonyl (C=O) groups is 2. The Labute approximate surface area is 126 Å². The number of benzene rings is 2. The highest BCUT2D eigenvalue weighted by Gasteiger charge is 2.22. The van der Waals surface area contributed by atoms with E-state index in [4.69, 9.17) is 0 Å². The highest BCUT2D eigenvalue weighted by atomic mass is 19.1. The molecule has 0 heterocycles. The van der Waals surface area contributed by atoms with E-state index in [1.54, 1.807) is 12.1 Å². The topological polar surface area (TPSA) is 86.6 Å². The minimum absolute atomic E-state index is 0.0236. The van der Waals surface area contributed by atoms with E-state index < -0.39 is 23.7 Å². The molecule has 0 saturated heterocycles. The number of aromatic hydroxyl groups is 1. The van der Waals surface area contributed by atoms with Gasteiger partial charge in [0, 0.05) is 6.42 Å². The van der Waals surface area contributed by atoms with E-state index in [2.05, 4.69) is 5.32 Å². The van der Waals surface area contributed by atoms with E-state index in [1.807, 2.05) is 0 Å². The third-order valence-corrected chi connectivity index (χ3v) is 3.10. The molecule has 0 aliphatic rings. The summed E-state index contributed by atoms with van der Waals surface area (Å²) in [6.07, 6.45) is 0.0236. The SMILES string of the molecule is O=C(NC(Cc1ccc(O)cc1)C(=O)O)c1ccccc1F. The number of amides is 1. The van der Waals surface area contributed by atoms with E-state index >= 15 is 0 Å². The highest BCUT2D eigenvalue weighted by Crippen LogP contribution is 2.12. The number of carboxylic acid groups (broad SMARTS) is 1. The van der Waals surface area contributed by atoms with Gasteiger partial charge in [0.2, 0.25) is 0 Å². The number of aliphatic carboxylic acids is 1. The van der Waals surface area contributed by atoms with Crippen molar-refractivity contribution >= 4 is 11.9 Å². The number of phenolic OH excluding ortho intramolecular Hbond substituents is 1. The summed E-state index contributed by atoms with van der Waals surface area (Å²) in [5, 5.41) is 20.7. The quantitative estimate of drug-likeness (QED) is 0.788. The molecule has 0 spiro atoms. The smallest absolute Gasteiger partial charge is 0.326 e. The third kappa shape index (κ3) is 3.82. The Bertz CT molecular complexity index is 685. The molecule has 0 radical (unpaired) electrons. The molecule has 5 nitrogen and oxygen atoms in total. The van der Waals surface area contributed by atoms with Crippen LogP contribution in [0.4, 0.5) is 4.39 Å². The second-order valence-electron chi connectivity index (χ2n) is 4.71. The summed E-state index contributed by atoms with van der Waals surface area (Å²) in [6.45, 7) is 0. The molecule has 6 heteroatoms. The average molecular weight is 303 g/mol. The first-order valence-corrected chi connectivity index (χ1v) is 6.53. The van der Waals surface area contributed by atoms with Gasteiger partial charge in [0.1, 0.15) is 17.6 Å². The Hall–Kier alpha value is -2.89. The molecule has 1 unspecified atom stereocenters. The van der Waals surface area contributed by atoms with Gasteiger partial charge in [-0.05, 0) is 29.8 Å².